The maximum absolute atomic E-state index is 12.3. The molecule has 13 heteroatoms. The molecule has 1 fully saturated rings. The second kappa shape index (κ2) is 9.56. The molecule has 0 bridgehead atoms. The van der Waals surface area contributed by atoms with Crippen LogP contribution in [0, 0.1) is 0 Å². The molecule has 0 aliphatic carbocycles. The minimum atomic E-state index is -1.46. The summed E-state index contributed by atoms with van der Waals surface area (Å²) >= 11 is 1.12. The van der Waals surface area contributed by atoms with Crippen LogP contribution in [-0.4, -0.2) is 59.3 Å². The summed E-state index contributed by atoms with van der Waals surface area (Å²) in [4.78, 5) is 47.9. The van der Waals surface area contributed by atoms with Crippen molar-refractivity contribution in [2.75, 3.05) is 19.5 Å². The van der Waals surface area contributed by atoms with Crippen molar-refractivity contribution in [3.63, 3.8) is 0 Å². The van der Waals surface area contributed by atoms with Crippen molar-refractivity contribution in [2.24, 2.45) is 5.16 Å². The van der Waals surface area contributed by atoms with Gasteiger partial charge in [-0.1, -0.05) is 5.16 Å². The molecular weight excluding hydrogens is 381 g/mol. The molecule has 2 atom stereocenters. The minimum Gasteiger partial charge on any atom is -0.548 e. The summed E-state index contributed by atoms with van der Waals surface area (Å²) in [7, 11) is 1.26. The first-order valence-corrected chi connectivity index (χ1v) is 7.52. The molecular formula is C12H14KN5O6S. The number of nitrogens with one attached hydrogen (secondary N) is 1. The van der Waals surface area contributed by atoms with Crippen molar-refractivity contribution in [1.82, 2.24) is 15.4 Å². The fraction of sp³-hybridized carbons (Fsp3) is 0.417. The molecule has 2 rings (SSSR count). The van der Waals surface area contributed by atoms with Gasteiger partial charge < -0.3 is 25.8 Å². The first-order valence-electron chi connectivity index (χ1n) is 6.64. The number of rotatable bonds is 7. The van der Waals surface area contributed by atoms with E-state index in [-0.39, 0.29) is 67.9 Å². The fourth-order valence-electron chi connectivity index (χ4n) is 1.98. The van der Waals surface area contributed by atoms with Gasteiger partial charge in [0.05, 0.1) is 12.0 Å². The van der Waals surface area contributed by atoms with E-state index in [1.807, 2.05) is 0 Å². The van der Waals surface area contributed by atoms with Gasteiger partial charge in [-0.2, -0.15) is 0 Å². The molecule has 1 aromatic rings. The largest absolute Gasteiger partial charge is 1.00 e. The van der Waals surface area contributed by atoms with E-state index in [0.29, 0.717) is 0 Å². The predicted molar refractivity (Wildman–Crippen MR) is 79.3 cm³/mol. The zero-order chi connectivity index (χ0) is 17.9. The summed E-state index contributed by atoms with van der Waals surface area (Å²) in [5, 5.41) is 19.0. The Morgan fingerprint density at radius 1 is 1.56 bits per heavy atom. The Balaban J connectivity index is 0.00000312. The third-order valence-corrected chi connectivity index (χ3v) is 3.78. The molecule has 3 N–H and O–H groups in total. The molecule has 1 aliphatic heterocycles. The van der Waals surface area contributed by atoms with Crippen LogP contribution < -0.4 is 67.5 Å². The van der Waals surface area contributed by atoms with Crippen LogP contribution in [0.15, 0.2) is 10.5 Å². The van der Waals surface area contributed by atoms with Crippen LogP contribution in [0.2, 0.25) is 0 Å². The Bertz CT molecular complexity index is 695. The number of nitrogen functional groups attached to an aromatic ring is 1. The predicted octanol–water partition coefficient (Wildman–Crippen LogP) is -5.52. The number of hydrogen-bond donors (Lipinski definition) is 2. The summed E-state index contributed by atoms with van der Waals surface area (Å²) in [6.07, 6.45) is 0. The second-order valence-corrected chi connectivity index (χ2v) is 5.58. The van der Waals surface area contributed by atoms with E-state index in [1.54, 1.807) is 6.92 Å². The number of hydrogen-bond acceptors (Lipinski definition) is 10. The number of amides is 2. The van der Waals surface area contributed by atoms with Crippen LogP contribution in [0.3, 0.4) is 0 Å². The maximum atomic E-state index is 12.3. The van der Waals surface area contributed by atoms with Gasteiger partial charge in [0.1, 0.15) is 25.5 Å². The smallest absolute Gasteiger partial charge is 0.548 e. The summed E-state index contributed by atoms with van der Waals surface area (Å²) in [6, 6.07) is -1.46. The molecule has 0 saturated carbocycles. The minimum absolute atomic E-state index is 0. The topological polar surface area (TPSA) is 159 Å². The van der Waals surface area contributed by atoms with Crippen molar-refractivity contribution in [3.05, 3.63) is 11.1 Å². The monoisotopic (exact) mass is 395 g/mol. The first-order chi connectivity index (χ1) is 11.3. The number of anilines is 1. The van der Waals surface area contributed by atoms with Gasteiger partial charge in [0.15, 0.2) is 10.8 Å². The van der Waals surface area contributed by atoms with Crippen molar-refractivity contribution in [2.45, 2.75) is 19.0 Å². The second-order valence-electron chi connectivity index (χ2n) is 4.69. The van der Waals surface area contributed by atoms with Crippen molar-refractivity contribution in [1.29, 1.82) is 0 Å². The normalized spacial score (nSPS) is 19.7. The molecule has 0 spiro atoms. The third kappa shape index (κ3) is 5.19. The summed E-state index contributed by atoms with van der Waals surface area (Å²) in [5.41, 5.74) is 5.59. The number of nitrogens with zero attached hydrogens (tertiary/aromatic N) is 3. The quantitative estimate of drug-likeness (QED) is 0.200. The van der Waals surface area contributed by atoms with Gasteiger partial charge in [0, 0.05) is 5.38 Å². The Kier molecular flexibility index (Phi) is 8.39. The van der Waals surface area contributed by atoms with E-state index in [4.69, 9.17) is 10.6 Å². The number of aliphatic carboxylic acids is 1. The van der Waals surface area contributed by atoms with E-state index in [9.17, 15) is 19.5 Å². The zero-order valence-electron chi connectivity index (χ0n) is 13.7. The fourth-order valence-corrected chi connectivity index (χ4v) is 2.53. The van der Waals surface area contributed by atoms with E-state index in [0.717, 1.165) is 16.4 Å². The number of nitrogens with two attached hydrogens (primary N) is 1. The Hall–Kier alpha value is -1.09. The van der Waals surface area contributed by atoms with Gasteiger partial charge in [-0.25, -0.2) is 10.0 Å². The van der Waals surface area contributed by atoms with E-state index >= 15 is 0 Å². The number of thiazole rings is 1. The first kappa shape index (κ1) is 21.9. The molecule has 1 aromatic heterocycles. The Morgan fingerprint density at radius 2 is 2.24 bits per heavy atom. The molecule has 1 aliphatic rings. The molecule has 25 heavy (non-hydrogen) atoms. The molecule has 2 amide bonds. The maximum Gasteiger partial charge on any atom is 1.00 e. The number of carboxylic acids is 1. The van der Waals surface area contributed by atoms with Gasteiger partial charge >= 0.3 is 51.4 Å². The van der Waals surface area contributed by atoms with E-state index < -0.39 is 36.5 Å². The molecule has 11 nitrogen and oxygen atoms in total. The van der Waals surface area contributed by atoms with Crippen molar-refractivity contribution in [3.8, 4) is 0 Å². The van der Waals surface area contributed by atoms with Crippen LogP contribution in [-0.2, 0) is 24.1 Å². The molecule has 0 aromatic carbocycles. The van der Waals surface area contributed by atoms with Crippen LogP contribution in [0.1, 0.15) is 12.6 Å². The summed E-state index contributed by atoms with van der Waals surface area (Å²) < 4.78 is 0. The number of carbonyl (C=O) groups excluding carboxylic acids is 3. The molecule has 0 radical (unpaired) electrons. The number of hydroxylamine groups is 2. The van der Waals surface area contributed by atoms with Crippen LogP contribution in [0.25, 0.3) is 0 Å². The van der Waals surface area contributed by atoms with Crippen molar-refractivity contribution >= 4 is 40.0 Å². The van der Waals surface area contributed by atoms with Crippen LogP contribution in [0.4, 0.5) is 5.13 Å². The number of aromatic nitrogens is 1. The molecule has 0 unspecified atom stereocenters. The summed E-state index contributed by atoms with van der Waals surface area (Å²) in [6.45, 7) is 0.820. The molecule has 1 saturated heterocycles. The van der Waals surface area contributed by atoms with Crippen LogP contribution in [0.5, 0.6) is 0 Å². The number of β-lactam (4-membered cyclic amide) rings is 1. The van der Waals surface area contributed by atoms with Gasteiger partial charge in [-0.05, 0) is 6.92 Å². The molecule has 130 valence electrons. The van der Waals surface area contributed by atoms with Gasteiger partial charge in [-0.15, -0.1) is 11.3 Å². The Labute approximate surface area is 188 Å². The average molecular weight is 395 g/mol. The Morgan fingerprint density at radius 3 is 2.72 bits per heavy atom. The number of carboxylic acid groups (broad SMARTS) is 1. The van der Waals surface area contributed by atoms with E-state index in [1.165, 1.54) is 12.5 Å². The number of carbonyl (C=O) groups is 3. The van der Waals surface area contributed by atoms with Crippen LogP contribution >= 0.6 is 11.3 Å². The third-order valence-electron chi connectivity index (χ3n) is 3.11. The van der Waals surface area contributed by atoms with E-state index in [2.05, 4.69) is 20.3 Å². The number of oxime groups is 1. The SMILES string of the molecule is CO/N=C(\C(=O)N[C@@H]1C(=O)N(OCC(=O)[O-])[C@H]1C)c1csc(N)n1.[K+]. The van der Waals surface area contributed by atoms with Crippen molar-refractivity contribution < 1.29 is 80.5 Å². The average Bonchev–Trinajstić information content (AvgIpc) is 2.96. The van der Waals surface area contributed by atoms with Gasteiger partial charge in [0.2, 0.25) is 0 Å². The van der Waals surface area contributed by atoms with Gasteiger partial charge in [0.25, 0.3) is 11.8 Å². The molecule has 2 heterocycles. The zero-order valence-corrected chi connectivity index (χ0v) is 17.7. The summed E-state index contributed by atoms with van der Waals surface area (Å²) in [5.74, 6) is -2.74. The standard InChI is InChI=1S/C12H15N5O6S.K/c1-5-8(11(21)17(5)23-3-7(18)19)15-10(20)9(16-22-2)6-4-24-12(13)14-6;/h4-5,8H,3H2,1-2H3,(H2,13,14)(H,15,20)(H,18,19);/q;+1/p-1/b16-9-;/t5-,8-;/m0./s1. The van der Waals surface area contributed by atoms with Gasteiger partial charge in [-0.3, -0.25) is 14.4 Å².